The summed E-state index contributed by atoms with van der Waals surface area (Å²) in [5.41, 5.74) is 11.0. The van der Waals surface area contributed by atoms with E-state index in [1.54, 1.807) is 0 Å². The van der Waals surface area contributed by atoms with Crippen molar-refractivity contribution >= 4 is 86.4 Å². The van der Waals surface area contributed by atoms with E-state index in [0.29, 0.717) is 0 Å². The number of nitrogens with zero attached hydrogens (tertiary/aromatic N) is 1. The highest BCUT2D eigenvalue weighted by molar-refractivity contribution is 6.28. The Morgan fingerprint density at radius 2 is 0.689 bits per heavy atom. The standard InChI is InChI=1S/C60H37N/c1-2-12-38(13-3-1)45-26-31-53-54(37-45)58(46-23-22-44-34-42-16-4-5-17-43(42)35-47(44)36-46)52-21-11-10-20-51(52)57(53)41-24-29-48(30-25-41)61-55-32-27-39-14-6-8-18-49(39)59(55)60-50-19-9-7-15-40(50)28-33-56(60)61/h1-37H. The molecule has 1 heteroatoms. The van der Waals surface area contributed by atoms with Crippen LogP contribution < -0.4 is 0 Å². The number of hydrogen-bond donors (Lipinski definition) is 0. The normalized spacial score (nSPS) is 11.9. The molecule has 0 atom stereocenters. The summed E-state index contributed by atoms with van der Waals surface area (Å²) in [4.78, 5) is 0. The van der Waals surface area contributed by atoms with Crippen LogP contribution >= 0.6 is 0 Å². The summed E-state index contributed by atoms with van der Waals surface area (Å²) in [5, 5.41) is 17.7. The van der Waals surface area contributed by atoms with E-state index >= 15 is 0 Å². The van der Waals surface area contributed by atoms with E-state index in [4.69, 9.17) is 0 Å². The highest BCUT2D eigenvalue weighted by Gasteiger charge is 2.20. The van der Waals surface area contributed by atoms with Crippen LogP contribution in [0.4, 0.5) is 0 Å². The average molecular weight is 772 g/mol. The number of rotatable bonds is 4. The number of hydrogen-bond acceptors (Lipinski definition) is 0. The van der Waals surface area contributed by atoms with Crippen molar-refractivity contribution in [2.45, 2.75) is 0 Å². The molecule has 0 aliphatic rings. The zero-order chi connectivity index (χ0) is 40.0. The summed E-state index contributed by atoms with van der Waals surface area (Å²) < 4.78 is 2.46. The Kier molecular flexibility index (Phi) is 7.37. The van der Waals surface area contributed by atoms with Crippen molar-refractivity contribution in [3.8, 4) is 39.1 Å². The minimum atomic E-state index is 1.15. The Balaban J connectivity index is 1.05. The second-order valence-electron chi connectivity index (χ2n) is 16.4. The number of aromatic nitrogens is 1. The Labute approximate surface area is 353 Å². The summed E-state index contributed by atoms with van der Waals surface area (Å²) in [6.45, 7) is 0. The van der Waals surface area contributed by atoms with Gasteiger partial charge in [0.15, 0.2) is 0 Å². The van der Waals surface area contributed by atoms with Gasteiger partial charge in [0.05, 0.1) is 11.0 Å². The van der Waals surface area contributed by atoms with Crippen LogP contribution in [0.3, 0.4) is 0 Å². The fourth-order valence-corrected chi connectivity index (χ4v) is 10.3. The largest absolute Gasteiger partial charge is 0.309 e. The highest BCUT2D eigenvalue weighted by Crippen LogP contribution is 2.46. The zero-order valence-corrected chi connectivity index (χ0v) is 33.3. The summed E-state index contributed by atoms with van der Waals surface area (Å²) in [7, 11) is 0. The molecule has 13 aromatic rings. The maximum Gasteiger partial charge on any atom is 0.0547 e. The van der Waals surface area contributed by atoms with Gasteiger partial charge < -0.3 is 4.57 Å². The summed E-state index contributed by atoms with van der Waals surface area (Å²) in [5.74, 6) is 0. The van der Waals surface area contributed by atoms with Gasteiger partial charge in [0, 0.05) is 16.5 Å². The molecule has 1 aromatic heterocycles. The molecule has 1 nitrogen and oxygen atoms in total. The second kappa shape index (κ2) is 13.3. The van der Waals surface area contributed by atoms with E-state index in [1.165, 1.54) is 120 Å². The molecule has 0 N–H and O–H groups in total. The molecule has 0 amide bonds. The molecule has 13 rings (SSSR count). The molecule has 0 saturated carbocycles. The van der Waals surface area contributed by atoms with Crippen molar-refractivity contribution in [2.75, 3.05) is 0 Å². The third-order valence-corrected chi connectivity index (χ3v) is 13.1. The van der Waals surface area contributed by atoms with Gasteiger partial charge in [-0.15, -0.1) is 0 Å². The van der Waals surface area contributed by atoms with Gasteiger partial charge in [0.1, 0.15) is 0 Å². The Morgan fingerprint density at radius 1 is 0.230 bits per heavy atom. The third kappa shape index (κ3) is 5.21. The molecule has 0 saturated heterocycles. The first kappa shape index (κ1) is 33.9. The molecule has 282 valence electrons. The Bertz CT molecular complexity index is 3820. The Morgan fingerprint density at radius 3 is 1.33 bits per heavy atom. The second-order valence-corrected chi connectivity index (χ2v) is 16.4. The van der Waals surface area contributed by atoms with Crippen LogP contribution in [-0.4, -0.2) is 4.57 Å². The fourth-order valence-electron chi connectivity index (χ4n) is 10.3. The van der Waals surface area contributed by atoms with Gasteiger partial charge in [-0.05, 0) is 147 Å². The van der Waals surface area contributed by atoms with Crippen LogP contribution in [-0.2, 0) is 0 Å². The van der Waals surface area contributed by atoms with E-state index in [0.717, 1.165) is 5.69 Å². The molecular weight excluding hydrogens is 735 g/mol. The molecule has 0 unspecified atom stereocenters. The van der Waals surface area contributed by atoms with E-state index in [9.17, 15) is 0 Å². The van der Waals surface area contributed by atoms with E-state index in [1.807, 2.05) is 0 Å². The third-order valence-electron chi connectivity index (χ3n) is 13.1. The minimum Gasteiger partial charge on any atom is -0.309 e. The minimum absolute atomic E-state index is 1.15. The molecule has 12 aromatic carbocycles. The maximum absolute atomic E-state index is 2.46. The van der Waals surface area contributed by atoms with Crippen LogP contribution in [0, 0.1) is 0 Å². The fraction of sp³-hybridized carbons (Fsp3) is 0. The van der Waals surface area contributed by atoms with Crippen molar-refractivity contribution in [3.63, 3.8) is 0 Å². The van der Waals surface area contributed by atoms with Crippen molar-refractivity contribution < 1.29 is 0 Å². The van der Waals surface area contributed by atoms with E-state index in [-0.39, 0.29) is 0 Å². The van der Waals surface area contributed by atoms with Crippen molar-refractivity contribution in [1.82, 2.24) is 4.57 Å². The first-order valence-corrected chi connectivity index (χ1v) is 21.2. The lowest BCUT2D eigenvalue weighted by Crippen LogP contribution is -1.95. The van der Waals surface area contributed by atoms with Crippen LogP contribution in [0.2, 0.25) is 0 Å². The monoisotopic (exact) mass is 771 g/mol. The number of fused-ring (bicyclic) bond motifs is 11. The van der Waals surface area contributed by atoms with Gasteiger partial charge in [-0.2, -0.15) is 0 Å². The molecule has 0 radical (unpaired) electrons. The highest BCUT2D eigenvalue weighted by atomic mass is 15.0. The zero-order valence-electron chi connectivity index (χ0n) is 33.3. The van der Waals surface area contributed by atoms with E-state index in [2.05, 4.69) is 229 Å². The van der Waals surface area contributed by atoms with Crippen molar-refractivity contribution in [2.24, 2.45) is 0 Å². The van der Waals surface area contributed by atoms with Gasteiger partial charge in [0.2, 0.25) is 0 Å². The van der Waals surface area contributed by atoms with Gasteiger partial charge >= 0.3 is 0 Å². The van der Waals surface area contributed by atoms with Gasteiger partial charge in [-0.1, -0.05) is 176 Å². The topological polar surface area (TPSA) is 4.93 Å². The maximum atomic E-state index is 2.46. The molecule has 0 aliphatic heterocycles. The molecule has 61 heavy (non-hydrogen) atoms. The summed E-state index contributed by atoms with van der Waals surface area (Å²) in [6.07, 6.45) is 0. The first-order chi connectivity index (χ1) is 30.2. The van der Waals surface area contributed by atoms with Crippen LogP contribution in [0.15, 0.2) is 224 Å². The summed E-state index contributed by atoms with van der Waals surface area (Å²) in [6, 6.07) is 83.2. The van der Waals surface area contributed by atoms with Crippen LogP contribution in [0.1, 0.15) is 0 Å². The lowest BCUT2D eigenvalue weighted by molar-refractivity contribution is 1.18. The Hall–Kier alpha value is -8.00. The molecule has 1 heterocycles. The van der Waals surface area contributed by atoms with Gasteiger partial charge in [0.25, 0.3) is 0 Å². The SMILES string of the molecule is c1ccc(-c2ccc3c(-c4ccc(-n5c6ccc7ccccc7c6c6c7ccccc7ccc65)cc4)c4ccccc4c(-c4ccc5cc6ccccc6cc5c4)c3c2)cc1. The first-order valence-electron chi connectivity index (χ1n) is 21.2. The average Bonchev–Trinajstić information content (AvgIpc) is 3.68. The van der Waals surface area contributed by atoms with Gasteiger partial charge in [-0.25, -0.2) is 0 Å². The molecule has 0 fully saturated rings. The molecule has 0 aliphatic carbocycles. The number of benzene rings is 12. The quantitative estimate of drug-likeness (QED) is 0.157. The van der Waals surface area contributed by atoms with Crippen molar-refractivity contribution in [3.05, 3.63) is 224 Å². The lowest BCUT2D eigenvalue weighted by atomic mass is 9.84. The molecular formula is C60H37N. The predicted molar refractivity (Wildman–Crippen MR) is 262 cm³/mol. The summed E-state index contributed by atoms with van der Waals surface area (Å²) >= 11 is 0. The van der Waals surface area contributed by atoms with Crippen LogP contribution in [0.5, 0.6) is 0 Å². The lowest BCUT2D eigenvalue weighted by Gasteiger charge is -2.19. The molecule has 0 spiro atoms. The molecule has 0 bridgehead atoms. The van der Waals surface area contributed by atoms with E-state index < -0.39 is 0 Å². The predicted octanol–water partition coefficient (Wildman–Crippen LogP) is 16.7. The van der Waals surface area contributed by atoms with Gasteiger partial charge in [-0.3, -0.25) is 0 Å². The van der Waals surface area contributed by atoms with Crippen LogP contribution in [0.25, 0.3) is 126 Å². The van der Waals surface area contributed by atoms with Crippen molar-refractivity contribution in [1.29, 1.82) is 0 Å². The smallest absolute Gasteiger partial charge is 0.0547 e.